The van der Waals surface area contributed by atoms with Gasteiger partial charge in [-0.1, -0.05) is 31.4 Å². The predicted molar refractivity (Wildman–Crippen MR) is 97.2 cm³/mol. The standard InChI is InChI=1S/C21H28F3NO2/c1-20(2,3)27-19(26)25-13-16-7-5-4-6-15(16)12-18(25)14-8-10-17(11-9-14)21(22,23)24/h8-11,15-16,18H,4-7,12-13H2,1-3H3/t15-,16-,18+/m1/s1. The van der Waals surface area contributed by atoms with Crippen LogP contribution in [0.1, 0.15) is 70.0 Å². The quantitative estimate of drug-likeness (QED) is 0.578. The van der Waals surface area contributed by atoms with E-state index in [9.17, 15) is 18.0 Å². The zero-order valence-electron chi connectivity index (χ0n) is 16.2. The number of rotatable bonds is 1. The number of ether oxygens (including phenoxy) is 1. The van der Waals surface area contributed by atoms with Gasteiger partial charge in [0.15, 0.2) is 0 Å². The van der Waals surface area contributed by atoms with Crippen LogP contribution in [0.3, 0.4) is 0 Å². The van der Waals surface area contributed by atoms with E-state index in [1.54, 1.807) is 4.90 Å². The largest absolute Gasteiger partial charge is 0.444 e. The molecule has 150 valence electrons. The monoisotopic (exact) mass is 383 g/mol. The summed E-state index contributed by atoms with van der Waals surface area (Å²) in [6.07, 6.45) is 0.644. The van der Waals surface area contributed by atoms with Gasteiger partial charge in [0.2, 0.25) is 0 Å². The Kier molecular flexibility index (Phi) is 5.46. The molecule has 0 unspecified atom stereocenters. The lowest BCUT2D eigenvalue weighted by Crippen LogP contribution is -2.48. The number of halogens is 3. The lowest BCUT2D eigenvalue weighted by Gasteiger charge is -2.46. The highest BCUT2D eigenvalue weighted by atomic mass is 19.4. The van der Waals surface area contributed by atoms with Crippen molar-refractivity contribution in [3.63, 3.8) is 0 Å². The van der Waals surface area contributed by atoms with Crippen LogP contribution in [-0.4, -0.2) is 23.1 Å². The van der Waals surface area contributed by atoms with Gasteiger partial charge in [0.25, 0.3) is 0 Å². The van der Waals surface area contributed by atoms with Gasteiger partial charge in [0.1, 0.15) is 5.60 Å². The third kappa shape index (κ3) is 4.77. The summed E-state index contributed by atoms with van der Waals surface area (Å²) in [5.74, 6) is 0.974. The number of piperidine rings is 1. The second-order valence-corrected chi connectivity index (χ2v) is 8.81. The smallest absolute Gasteiger partial charge is 0.416 e. The minimum atomic E-state index is -4.36. The van der Waals surface area contributed by atoms with Crippen LogP contribution in [0.4, 0.5) is 18.0 Å². The number of alkyl halides is 3. The first-order valence-corrected chi connectivity index (χ1v) is 9.71. The summed E-state index contributed by atoms with van der Waals surface area (Å²) in [4.78, 5) is 14.6. The van der Waals surface area contributed by atoms with Crippen molar-refractivity contribution < 1.29 is 22.7 Å². The van der Waals surface area contributed by atoms with E-state index in [0.29, 0.717) is 18.4 Å². The van der Waals surface area contributed by atoms with Gasteiger partial charge in [0.05, 0.1) is 11.6 Å². The molecule has 6 heteroatoms. The van der Waals surface area contributed by atoms with Crippen LogP contribution in [0, 0.1) is 11.8 Å². The van der Waals surface area contributed by atoms with Crippen molar-refractivity contribution in [2.45, 2.75) is 70.7 Å². The van der Waals surface area contributed by atoms with Gasteiger partial charge >= 0.3 is 12.3 Å². The average molecular weight is 383 g/mol. The number of hydrogen-bond acceptors (Lipinski definition) is 2. The summed E-state index contributed by atoms with van der Waals surface area (Å²) in [5, 5.41) is 0. The molecule has 0 aromatic heterocycles. The zero-order chi connectivity index (χ0) is 19.8. The topological polar surface area (TPSA) is 29.5 Å². The average Bonchev–Trinajstić information content (AvgIpc) is 2.58. The van der Waals surface area contributed by atoms with Gasteiger partial charge in [-0.3, -0.25) is 0 Å². The lowest BCUT2D eigenvalue weighted by molar-refractivity contribution is -0.137. The first kappa shape index (κ1) is 20.0. The molecule has 1 saturated carbocycles. The number of fused-ring (bicyclic) bond motifs is 1. The maximum atomic E-state index is 12.9. The minimum Gasteiger partial charge on any atom is -0.444 e. The van der Waals surface area contributed by atoms with Crippen molar-refractivity contribution in [3.8, 4) is 0 Å². The molecule has 1 saturated heterocycles. The number of amides is 1. The van der Waals surface area contributed by atoms with Crippen LogP contribution in [-0.2, 0) is 10.9 Å². The molecule has 1 aliphatic heterocycles. The first-order chi connectivity index (χ1) is 12.5. The fourth-order valence-corrected chi connectivity index (χ4v) is 4.36. The number of nitrogens with zero attached hydrogens (tertiary/aromatic N) is 1. The number of carbonyl (C=O) groups is 1. The van der Waals surface area contributed by atoms with Crippen molar-refractivity contribution in [1.29, 1.82) is 0 Å². The van der Waals surface area contributed by atoms with E-state index in [1.165, 1.54) is 25.0 Å². The van der Waals surface area contributed by atoms with Gasteiger partial charge < -0.3 is 9.64 Å². The third-order valence-corrected chi connectivity index (χ3v) is 5.65. The Bertz CT molecular complexity index is 663. The molecular formula is C21H28F3NO2. The lowest BCUT2D eigenvalue weighted by atomic mass is 9.72. The molecule has 0 bridgehead atoms. The van der Waals surface area contributed by atoms with Gasteiger partial charge in [-0.15, -0.1) is 0 Å². The second kappa shape index (κ2) is 7.36. The van der Waals surface area contributed by atoms with E-state index in [0.717, 1.165) is 37.0 Å². The molecule has 0 radical (unpaired) electrons. The third-order valence-electron chi connectivity index (χ3n) is 5.65. The first-order valence-electron chi connectivity index (χ1n) is 9.71. The number of likely N-dealkylation sites (tertiary alicyclic amines) is 1. The predicted octanol–water partition coefficient (Wildman–Crippen LogP) is 6.19. The van der Waals surface area contributed by atoms with E-state index >= 15 is 0 Å². The maximum absolute atomic E-state index is 12.9. The van der Waals surface area contributed by atoms with Crippen LogP contribution in [0.25, 0.3) is 0 Å². The molecule has 2 fully saturated rings. The van der Waals surface area contributed by atoms with Crippen molar-refractivity contribution in [2.75, 3.05) is 6.54 Å². The summed E-state index contributed by atoms with van der Waals surface area (Å²) in [6, 6.07) is 4.99. The maximum Gasteiger partial charge on any atom is 0.416 e. The minimum absolute atomic E-state index is 0.235. The number of hydrogen-bond donors (Lipinski definition) is 0. The van der Waals surface area contributed by atoms with E-state index in [-0.39, 0.29) is 12.1 Å². The van der Waals surface area contributed by atoms with Crippen LogP contribution >= 0.6 is 0 Å². The van der Waals surface area contributed by atoms with Crippen molar-refractivity contribution in [3.05, 3.63) is 35.4 Å². The molecule has 2 aliphatic rings. The van der Waals surface area contributed by atoms with Gasteiger partial charge in [-0.05, 0) is 63.1 Å². The fraction of sp³-hybridized carbons (Fsp3) is 0.667. The molecule has 0 spiro atoms. The van der Waals surface area contributed by atoms with Gasteiger partial charge in [-0.2, -0.15) is 13.2 Å². The molecule has 1 amide bonds. The molecule has 0 N–H and O–H groups in total. The van der Waals surface area contributed by atoms with Crippen LogP contribution in [0.2, 0.25) is 0 Å². The fourth-order valence-electron chi connectivity index (χ4n) is 4.36. The van der Waals surface area contributed by atoms with Gasteiger partial charge in [0, 0.05) is 6.54 Å². The Balaban J connectivity index is 1.87. The molecule has 1 heterocycles. The SMILES string of the molecule is CC(C)(C)OC(=O)N1C[C@H]2CCCC[C@@H]2C[C@H]1c1ccc(C(F)(F)F)cc1. The molecule has 3 atom stereocenters. The van der Waals surface area contributed by atoms with Gasteiger partial charge in [-0.25, -0.2) is 4.79 Å². The molecule has 1 aliphatic carbocycles. The highest BCUT2D eigenvalue weighted by molar-refractivity contribution is 5.69. The Morgan fingerprint density at radius 2 is 1.63 bits per heavy atom. The van der Waals surface area contributed by atoms with E-state index < -0.39 is 17.3 Å². The van der Waals surface area contributed by atoms with Crippen LogP contribution < -0.4 is 0 Å². The van der Waals surface area contributed by atoms with E-state index in [1.807, 2.05) is 20.8 Å². The summed E-state index contributed by atoms with van der Waals surface area (Å²) in [6.45, 7) is 6.09. The Hall–Kier alpha value is -1.72. The van der Waals surface area contributed by atoms with Crippen LogP contribution in [0.5, 0.6) is 0 Å². The second-order valence-electron chi connectivity index (χ2n) is 8.81. The molecule has 27 heavy (non-hydrogen) atoms. The zero-order valence-corrected chi connectivity index (χ0v) is 16.2. The van der Waals surface area contributed by atoms with Crippen molar-refractivity contribution in [2.24, 2.45) is 11.8 Å². The molecule has 1 aromatic carbocycles. The van der Waals surface area contributed by atoms with E-state index in [4.69, 9.17) is 4.74 Å². The highest BCUT2D eigenvalue weighted by Crippen LogP contribution is 2.44. The summed E-state index contributed by atoms with van der Waals surface area (Å²) < 4.78 is 44.3. The Morgan fingerprint density at radius 3 is 2.19 bits per heavy atom. The summed E-state index contributed by atoms with van der Waals surface area (Å²) >= 11 is 0. The number of benzene rings is 1. The summed E-state index contributed by atoms with van der Waals surface area (Å²) in [5.41, 5.74) is -0.523. The van der Waals surface area contributed by atoms with E-state index in [2.05, 4.69) is 0 Å². The van der Waals surface area contributed by atoms with Crippen molar-refractivity contribution >= 4 is 6.09 Å². The molecule has 1 aromatic rings. The summed E-state index contributed by atoms with van der Waals surface area (Å²) in [7, 11) is 0. The number of carbonyl (C=O) groups excluding carboxylic acids is 1. The molecular weight excluding hydrogens is 355 g/mol. The Morgan fingerprint density at radius 1 is 1.04 bits per heavy atom. The van der Waals surface area contributed by atoms with Crippen molar-refractivity contribution in [1.82, 2.24) is 4.90 Å². The molecule has 3 nitrogen and oxygen atoms in total. The molecule has 3 rings (SSSR count). The highest BCUT2D eigenvalue weighted by Gasteiger charge is 2.41. The Labute approximate surface area is 158 Å². The normalized spacial score (nSPS) is 26.4. The van der Waals surface area contributed by atoms with Crippen LogP contribution in [0.15, 0.2) is 24.3 Å².